The van der Waals surface area contributed by atoms with E-state index in [1.165, 1.54) is 0 Å². The lowest BCUT2D eigenvalue weighted by molar-refractivity contribution is 0.668. The van der Waals surface area contributed by atoms with Gasteiger partial charge in [-0.1, -0.05) is 152 Å². The minimum Gasteiger partial charge on any atom is -0.456 e. The van der Waals surface area contributed by atoms with Gasteiger partial charge in [0.25, 0.3) is 0 Å². The number of fused-ring (bicyclic) bond motifs is 9. The molecule has 0 fully saturated rings. The Labute approximate surface area is 345 Å². The number of benzene rings is 9. The fourth-order valence-corrected chi connectivity index (χ4v) is 9.22. The van der Waals surface area contributed by atoms with Crippen LogP contribution in [0.1, 0.15) is 31.8 Å². The molecule has 9 aromatic carbocycles. The second kappa shape index (κ2) is 12.7. The maximum Gasteiger partial charge on any atom is 0.137 e. The van der Waals surface area contributed by atoms with Crippen molar-refractivity contribution < 1.29 is 18.4 Å². The van der Waals surface area contributed by atoms with E-state index in [0.29, 0.717) is 11.4 Å². The molecule has 272 valence electrons. The third kappa shape index (κ3) is 4.74. The number of anilines is 3. The molecule has 12 rings (SSSR count). The highest BCUT2D eigenvalue weighted by atomic mass is 16.3. The van der Waals surface area contributed by atoms with Crippen LogP contribution in [0, 0.1) is 0 Å². The highest BCUT2D eigenvalue weighted by molar-refractivity contribution is 6.13. The third-order valence-electron chi connectivity index (χ3n) is 11.7. The molecule has 0 spiro atoms. The lowest BCUT2D eigenvalue weighted by Crippen LogP contribution is -2.28. The molecular weight excluding hydrogens is 707 g/mol. The van der Waals surface area contributed by atoms with Gasteiger partial charge in [0, 0.05) is 27.5 Å². The summed E-state index contributed by atoms with van der Waals surface area (Å²) in [4.78, 5) is 1.86. The first-order valence-electron chi connectivity index (χ1n) is 22.8. The monoisotopic (exact) mass is 748 g/mol. The van der Waals surface area contributed by atoms with Gasteiger partial charge in [-0.3, -0.25) is 0 Å². The lowest BCUT2D eigenvalue weighted by Gasteiger charge is -2.35. The largest absolute Gasteiger partial charge is 0.456 e. The molecular formula is C55H35NO2. The van der Waals surface area contributed by atoms with Gasteiger partial charge in [-0.2, -0.15) is 0 Å². The molecule has 0 aliphatic heterocycles. The summed E-state index contributed by atoms with van der Waals surface area (Å²) in [5, 5.41) is 2.22. The first-order chi connectivity index (χ1) is 31.7. The molecule has 0 amide bonds. The smallest absolute Gasteiger partial charge is 0.137 e. The minimum absolute atomic E-state index is 0.0424. The van der Waals surface area contributed by atoms with Crippen LogP contribution in [0.15, 0.2) is 221 Å². The normalized spacial score (nSPS) is 14.7. The summed E-state index contributed by atoms with van der Waals surface area (Å²) < 4.78 is 75.3. The highest BCUT2D eigenvalue weighted by Crippen LogP contribution is 2.57. The molecule has 3 nitrogen and oxygen atoms in total. The Bertz CT molecular complexity index is 3720. The topological polar surface area (TPSA) is 29.5 Å². The molecule has 11 aromatic rings. The fraction of sp³-hybridized carbons (Fsp3) is 0.0182. The van der Waals surface area contributed by atoms with E-state index in [9.17, 15) is 1.37 Å². The summed E-state index contributed by atoms with van der Waals surface area (Å²) in [7, 11) is 0. The predicted octanol–water partition coefficient (Wildman–Crippen LogP) is 15.0. The summed E-state index contributed by atoms with van der Waals surface area (Å²) in [5.41, 5.74) is 10.4. The second-order valence-electron chi connectivity index (χ2n) is 14.7. The zero-order valence-electron chi connectivity index (χ0n) is 37.9. The van der Waals surface area contributed by atoms with E-state index in [-0.39, 0.29) is 45.8 Å². The fourth-order valence-electron chi connectivity index (χ4n) is 9.22. The molecule has 1 aliphatic carbocycles. The Morgan fingerprint density at radius 1 is 0.414 bits per heavy atom. The number of hydrogen-bond acceptors (Lipinski definition) is 3. The first kappa shape index (κ1) is 26.3. The molecule has 0 bridgehead atoms. The van der Waals surface area contributed by atoms with Gasteiger partial charge in [-0.25, -0.2) is 0 Å². The summed E-state index contributed by atoms with van der Waals surface area (Å²) in [6.07, 6.45) is 0. The molecule has 2 heterocycles. The maximum atomic E-state index is 9.68. The van der Waals surface area contributed by atoms with Crippen molar-refractivity contribution in [1.82, 2.24) is 0 Å². The van der Waals surface area contributed by atoms with Gasteiger partial charge in [0.1, 0.15) is 22.3 Å². The van der Waals surface area contributed by atoms with Crippen LogP contribution < -0.4 is 4.90 Å². The van der Waals surface area contributed by atoms with Crippen molar-refractivity contribution in [3.05, 3.63) is 234 Å². The van der Waals surface area contributed by atoms with Crippen molar-refractivity contribution in [2.75, 3.05) is 4.90 Å². The maximum absolute atomic E-state index is 9.68. The second-order valence-corrected chi connectivity index (χ2v) is 14.7. The van der Waals surface area contributed by atoms with Crippen LogP contribution in [0.25, 0.3) is 66.1 Å². The van der Waals surface area contributed by atoms with Crippen LogP contribution in [-0.4, -0.2) is 0 Å². The van der Waals surface area contributed by atoms with E-state index in [1.807, 2.05) is 83.8 Å². The summed E-state index contributed by atoms with van der Waals surface area (Å²) in [5.74, 6) is 0. The van der Waals surface area contributed by atoms with Crippen molar-refractivity contribution in [1.29, 1.82) is 0 Å². The van der Waals surface area contributed by atoms with Crippen LogP contribution in [0.3, 0.4) is 0 Å². The number of para-hydroxylation sites is 2. The summed E-state index contributed by atoms with van der Waals surface area (Å²) in [6, 6.07) is 54.8. The standard InChI is InChI=1S/C55H35NO2/c1-2-14-38(15-3-1)55(47-22-8-4-18-42(47)43-19-5-9-23-48(43)55)39-16-12-17-41(35-39)56(49-24-13-27-53-54(49)45-21-7-11-26-51(45)58-53)40-31-28-36(29-32-40)37-30-33-52-46(34-37)44-20-6-10-25-50(44)57-52/h1-35H/i7D,11D,13D,21D,24D,26D,27D. The molecule has 0 N–H and O–H groups in total. The third-order valence-corrected chi connectivity index (χ3v) is 11.7. The SMILES string of the molecule is [2H]c1c([2H])c([2H])c2c(oc3c([2H])c([2H])c([2H])c(N(c4ccc(-c5ccc6oc7ccccc7c6c5)cc4)c4cccc(C5(c6ccccc6)c6ccccc6-c6ccccc65)c4)c32)c1[2H]. The molecule has 0 saturated carbocycles. The average Bonchev–Trinajstić information content (AvgIpc) is 4.03. The summed E-state index contributed by atoms with van der Waals surface area (Å²) in [6.45, 7) is 0. The number of hydrogen-bond donors (Lipinski definition) is 0. The van der Waals surface area contributed by atoms with Crippen LogP contribution in [-0.2, 0) is 5.41 Å². The molecule has 1 aliphatic rings. The van der Waals surface area contributed by atoms with Crippen molar-refractivity contribution in [3.8, 4) is 22.3 Å². The predicted molar refractivity (Wildman–Crippen MR) is 238 cm³/mol. The van der Waals surface area contributed by atoms with Crippen molar-refractivity contribution in [2.24, 2.45) is 0 Å². The van der Waals surface area contributed by atoms with E-state index in [0.717, 1.165) is 66.4 Å². The number of nitrogens with zero attached hydrogens (tertiary/aromatic N) is 1. The van der Waals surface area contributed by atoms with Crippen LogP contribution in [0.2, 0.25) is 0 Å². The van der Waals surface area contributed by atoms with Gasteiger partial charge in [-0.05, 0) is 105 Å². The van der Waals surface area contributed by atoms with Crippen LogP contribution >= 0.6 is 0 Å². The van der Waals surface area contributed by atoms with Crippen LogP contribution in [0.5, 0.6) is 0 Å². The van der Waals surface area contributed by atoms with Crippen molar-refractivity contribution >= 4 is 60.9 Å². The highest BCUT2D eigenvalue weighted by Gasteiger charge is 2.46. The Kier molecular flexibility index (Phi) is 5.75. The van der Waals surface area contributed by atoms with Crippen LogP contribution in [0.4, 0.5) is 17.1 Å². The van der Waals surface area contributed by atoms with E-state index in [1.54, 1.807) is 0 Å². The Morgan fingerprint density at radius 2 is 1.07 bits per heavy atom. The van der Waals surface area contributed by atoms with E-state index in [2.05, 4.69) is 91.0 Å². The quantitative estimate of drug-likeness (QED) is 0.170. The molecule has 0 saturated heterocycles. The van der Waals surface area contributed by atoms with E-state index in [4.69, 9.17) is 17.1 Å². The van der Waals surface area contributed by atoms with Gasteiger partial charge in [0.15, 0.2) is 0 Å². The molecule has 58 heavy (non-hydrogen) atoms. The Hall–Kier alpha value is -7.62. The minimum atomic E-state index is -0.762. The van der Waals surface area contributed by atoms with E-state index >= 15 is 0 Å². The zero-order chi connectivity index (χ0) is 44.3. The van der Waals surface area contributed by atoms with E-state index < -0.39 is 29.6 Å². The van der Waals surface area contributed by atoms with Gasteiger partial charge in [-0.15, -0.1) is 0 Å². The lowest BCUT2D eigenvalue weighted by atomic mass is 9.67. The van der Waals surface area contributed by atoms with Gasteiger partial charge in [0.05, 0.1) is 26.1 Å². The number of rotatable bonds is 6. The Balaban J connectivity index is 1.14. The first-order valence-corrected chi connectivity index (χ1v) is 19.3. The molecule has 3 heteroatoms. The molecule has 0 unspecified atom stereocenters. The molecule has 0 radical (unpaired) electrons. The van der Waals surface area contributed by atoms with Gasteiger partial charge < -0.3 is 13.7 Å². The van der Waals surface area contributed by atoms with Crippen molar-refractivity contribution in [2.45, 2.75) is 5.41 Å². The zero-order valence-corrected chi connectivity index (χ0v) is 30.9. The van der Waals surface area contributed by atoms with Gasteiger partial charge >= 0.3 is 0 Å². The van der Waals surface area contributed by atoms with Gasteiger partial charge in [0.2, 0.25) is 0 Å². The Morgan fingerprint density at radius 3 is 1.90 bits per heavy atom. The number of furan rings is 2. The average molecular weight is 749 g/mol. The van der Waals surface area contributed by atoms with Crippen molar-refractivity contribution in [3.63, 3.8) is 0 Å². The molecule has 2 aromatic heterocycles. The molecule has 0 atom stereocenters. The summed E-state index contributed by atoms with van der Waals surface area (Å²) >= 11 is 0.